The average Bonchev–Trinajstić information content (AvgIpc) is 2.07. The molecular formula is C7H7NO3S. The van der Waals surface area contributed by atoms with E-state index in [1.165, 1.54) is 0 Å². The van der Waals surface area contributed by atoms with Crippen molar-refractivity contribution in [1.29, 1.82) is 0 Å². The lowest BCUT2D eigenvalue weighted by atomic mass is 10.2. The van der Waals surface area contributed by atoms with E-state index in [4.69, 9.17) is 0 Å². The van der Waals surface area contributed by atoms with Gasteiger partial charge in [-0.05, 0) is 0 Å². The van der Waals surface area contributed by atoms with Crippen molar-refractivity contribution in [3.05, 3.63) is 12.0 Å². The monoisotopic (exact) mass is 185 g/mol. The molecule has 64 valence electrons. The lowest BCUT2D eigenvalue weighted by molar-refractivity contribution is -0.138. The third-order valence-corrected chi connectivity index (χ3v) is 3.08. The Bertz CT molecular complexity index is 263. The molecule has 2 aliphatic rings. The number of thioether (sulfide) groups is 1. The van der Waals surface area contributed by atoms with E-state index in [0.29, 0.717) is 24.4 Å². The van der Waals surface area contributed by atoms with Gasteiger partial charge < -0.3 is 9.64 Å². The fourth-order valence-corrected chi connectivity index (χ4v) is 2.29. The third-order valence-electron chi connectivity index (χ3n) is 1.85. The van der Waals surface area contributed by atoms with Crippen molar-refractivity contribution in [1.82, 2.24) is 4.90 Å². The van der Waals surface area contributed by atoms with Crippen molar-refractivity contribution in [2.24, 2.45) is 0 Å². The number of amides is 1. The Balaban J connectivity index is 2.08. The summed E-state index contributed by atoms with van der Waals surface area (Å²) in [5.74, 6) is 1.33. The highest BCUT2D eigenvalue weighted by Gasteiger charge is 2.38. The zero-order chi connectivity index (χ0) is 8.55. The Hall–Kier alpha value is -0.970. The fourth-order valence-electron chi connectivity index (χ4n) is 1.19. The second kappa shape index (κ2) is 2.82. The Morgan fingerprint density at radius 2 is 2.58 bits per heavy atom. The molecule has 0 aliphatic carbocycles. The number of β-lactam (4-membered cyclic amide) rings is 1. The number of nitrogens with zero attached hydrogens (tertiary/aromatic N) is 1. The molecule has 0 aromatic heterocycles. The van der Waals surface area contributed by atoms with Gasteiger partial charge >= 0.3 is 0 Å². The Kier molecular flexibility index (Phi) is 1.80. The van der Waals surface area contributed by atoms with E-state index in [2.05, 4.69) is 4.74 Å². The smallest absolute Gasteiger partial charge is 0.298 e. The lowest BCUT2D eigenvalue weighted by Crippen LogP contribution is -2.49. The van der Waals surface area contributed by atoms with E-state index in [-0.39, 0.29) is 11.3 Å². The van der Waals surface area contributed by atoms with Gasteiger partial charge in [-0.15, -0.1) is 11.8 Å². The van der Waals surface area contributed by atoms with E-state index >= 15 is 0 Å². The molecule has 0 aromatic rings. The molecule has 0 N–H and O–H groups in total. The summed E-state index contributed by atoms with van der Waals surface area (Å²) in [5, 5.41) is 0.275. The first-order valence-electron chi connectivity index (χ1n) is 3.55. The van der Waals surface area contributed by atoms with Gasteiger partial charge in [0.25, 0.3) is 6.47 Å². The maximum absolute atomic E-state index is 10.9. The van der Waals surface area contributed by atoms with Gasteiger partial charge in [0.2, 0.25) is 5.91 Å². The van der Waals surface area contributed by atoms with Gasteiger partial charge in [-0.2, -0.15) is 0 Å². The Morgan fingerprint density at radius 3 is 3.25 bits per heavy atom. The fraction of sp³-hybridized carbons (Fsp3) is 0.429. The molecule has 12 heavy (non-hydrogen) atoms. The van der Waals surface area contributed by atoms with Crippen molar-refractivity contribution in [3.8, 4) is 0 Å². The number of hydrogen-bond donors (Lipinski definition) is 0. The molecule has 0 radical (unpaired) electrons. The molecule has 0 saturated carbocycles. The Morgan fingerprint density at radius 1 is 1.75 bits per heavy atom. The van der Waals surface area contributed by atoms with Gasteiger partial charge in [0.15, 0.2) is 0 Å². The second-order valence-electron chi connectivity index (χ2n) is 2.58. The first-order chi connectivity index (χ1) is 5.81. The van der Waals surface area contributed by atoms with Gasteiger partial charge in [-0.25, -0.2) is 0 Å². The summed E-state index contributed by atoms with van der Waals surface area (Å²) in [6.07, 6.45) is 2.22. The zero-order valence-electron chi connectivity index (χ0n) is 6.23. The van der Waals surface area contributed by atoms with Crippen LogP contribution in [0.3, 0.4) is 0 Å². The van der Waals surface area contributed by atoms with Crippen LogP contribution in [-0.4, -0.2) is 28.4 Å². The summed E-state index contributed by atoms with van der Waals surface area (Å²) in [6.45, 7) is 0.386. The molecule has 1 fully saturated rings. The summed E-state index contributed by atoms with van der Waals surface area (Å²) in [4.78, 5) is 22.5. The van der Waals surface area contributed by atoms with E-state index in [1.54, 1.807) is 22.9 Å². The minimum atomic E-state index is 0.0965. The topological polar surface area (TPSA) is 46.6 Å². The molecule has 2 heterocycles. The first kappa shape index (κ1) is 7.67. The van der Waals surface area contributed by atoms with Crippen molar-refractivity contribution in [3.63, 3.8) is 0 Å². The quantitative estimate of drug-likeness (QED) is 0.458. The maximum atomic E-state index is 10.9. The van der Waals surface area contributed by atoms with E-state index < -0.39 is 0 Å². The molecule has 0 bridgehead atoms. The lowest BCUT2D eigenvalue weighted by Gasteiger charge is -2.40. The molecule has 1 atom stereocenters. The largest absolute Gasteiger partial charge is 0.431 e. The van der Waals surface area contributed by atoms with Crippen LogP contribution in [0, 0.1) is 0 Å². The maximum Gasteiger partial charge on any atom is 0.298 e. The number of carbonyl (C=O) groups excluding carboxylic acids is 2. The summed E-state index contributed by atoms with van der Waals surface area (Å²) in [5.41, 5.74) is 0. The highest BCUT2D eigenvalue weighted by Crippen LogP contribution is 2.35. The summed E-state index contributed by atoms with van der Waals surface area (Å²) >= 11 is 1.62. The minimum absolute atomic E-state index is 0.0965. The predicted octanol–water partition coefficient (Wildman–Crippen LogP) is 0.306. The average molecular weight is 185 g/mol. The van der Waals surface area contributed by atoms with Crippen molar-refractivity contribution in [2.45, 2.75) is 11.8 Å². The van der Waals surface area contributed by atoms with Gasteiger partial charge in [0.05, 0.1) is 17.5 Å². The predicted molar refractivity (Wildman–Crippen MR) is 42.9 cm³/mol. The normalized spacial score (nSPS) is 27.0. The van der Waals surface area contributed by atoms with Crippen LogP contribution in [0.5, 0.6) is 0 Å². The zero-order valence-corrected chi connectivity index (χ0v) is 7.04. The number of hydrogen-bond acceptors (Lipinski definition) is 4. The number of rotatable bonds is 2. The van der Waals surface area contributed by atoms with Gasteiger partial charge in [0, 0.05) is 6.20 Å². The standard InChI is InChI=1S/C7H7NO3S/c9-4-11-5-2-8-6(10)1-7(8)12-3-5/h2,4,7H,1,3H2/t7-/m1/s1. The molecule has 2 rings (SSSR count). The minimum Gasteiger partial charge on any atom is -0.431 e. The van der Waals surface area contributed by atoms with E-state index in [1.807, 2.05) is 0 Å². The second-order valence-corrected chi connectivity index (χ2v) is 3.75. The molecule has 1 saturated heterocycles. The van der Waals surface area contributed by atoms with Crippen LogP contribution in [0.25, 0.3) is 0 Å². The summed E-state index contributed by atoms with van der Waals surface area (Å²) in [6, 6.07) is 0. The molecule has 0 spiro atoms. The van der Waals surface area contributed by atoms with Crippen LogP contribution >= 0.6 is 11.8 Å². The SMILES string of the molecule is O=COC1=CN2C(=O)C[C@H]2SC1. The third kappa shape index (κ3) is 1.10. The first-order valence-corrected chi connectivity index (χ1v) is 4.60. The molecule has 0 unspecified atom stereocenters. The van der Waals surface area contributed by atoms with Gasteiger partial charge in [0.1, 0.15) is 5.76 Å². The van der Waals surface area contributed by atoms with Crippen LogP contribution in [0.2, 0.25) is 0 Å². The van der Waals surface area contributed by atoms with Crippen LogP contribution in [-0.2, 0) is 14.3 Å². The van der Waals surface area contributed by atoms with Crippen molar-refractivity contribution in [2.75, 3.05) is 5.75 Å². The van der Waals surface area contributed by atoms with Crippen molar-refractivity contribution < 1.29 is 14.3 Å². The van der Waals surface area contributed by atoms with Crippen LogP contribution in [0.15, 0.2) is 12.0 Å². The van der Waals surface area contributed by atoms with Gasteiger partial charge in [-0.1, -0.05) is 0 Å². The summed E-state index contributed by atoms with van der Waals surface area (Å²) in [7, 11) is 0. The van der Waals surface area contributed by atoms with E-state index in [0.717, 1.165) is 0 Å². The summed E-state index contributed by atoms with van der Waals surface area (Å²) < 4.78 is 4.65. The number of fused-ring (bicyclic) bond motifs is 1. The van der Waals surface area contributed by atoms with Crippen LogP contribution < -0.4 is 0 Å². The molecule has 4 nitrogen and oxygen atoms in total. The number of ether oxygens (including phenoxy) is 1. The molecule has 5 heteroatoms. The Labute approximate surface area is 73.5 Å². The molecule has 2 aliphatic heterocycles. The highest BCUT2D eigenvalue weighted by molar-refractivity contribution is 8.00. The number of carbonyl (C=O) groups is 2. The highest BCUT2D eigenvalue weighted by atomic mass is 32.2. The molecule has 0 aromatic carbocycles. The van der Waals surface area contributed by atoms with Crippen molar-refractivity contribution >= 4 is 24.1 Å². The molecular weight excluding hydrogens is 178 g/mol. The van der Waals surface area contributed by atoms with E-state index in [9.17, 15) is 9.59 Å². The van der Waals surface area contributed by atoms with Crippen LogP contribution in [0.1, 0.15) is 6.42 Å². The van der Waals surface area contributed by atoms with Gasteiger partial charge in [-0.3, -0.25) is 9.59 Å². The molecule has 1 amide bonds. The van der Waals surface area contributed by atoms with Crippen LogP contribution in [0.4, 0.5) is 0 Å².